The largest absolute Gasteiger partial charge is 0.497 e. The maximum absolute atomic E-state index is 12.7. The van der Waals surface area contributed by atoms with E-state index in [9.17, 15) is 14.4 Å². The van der Waals surface area contributed by atoms with Crippen molar-refractivity contribution in [2.24, 2.45) is 0 Å². The van der Waals surface area contributed by atoms with Crippen LogP contribution in [-0.4, -0.2) is 24.2 Å². The molecule has 1 heterocycles. The fourth-order valence-electron chi connectivity index (χ4n) is 2.94. The van der Waals surface area contributed by atoms with Crippen LogP contribution < -0.4 is 14.4 Å². The summed E-state index contributed by atoms with van der Waals surface area (Å²) in [5, 5.41) is -0.340. The Kier molecular flexibility index (Phi) is 5.86. The van der Waals surface area contributed by atoms with Gasteiger partial charge >= 0.3 is 5.97 Å². The molecule has 0 unspecified atom stereocenters. The molecule has 2 amide bonds. The third-order valence-corrected chi connectivity index (χ3v) is 5.39. The molecule has 1 saturated heterocycles. The molecule has 1 aliphatic heterocycles. The van der Waals surface area contributed by atoms with Gasteiger partial charge in [0.2, 0.25) is 0 Å². The number of ether oxygens (including phenoxy) is 2. The molecule has 154 valence electrons. The number of para-hydroxylation sites is 1. The predicted octanol–water partition coefficient (Wildman–Crippen LogP) is 5.16. The van der Waals surface area contributed by atoms with E-state index in [-0.39, 0.29) is 11.1 Å². The fraction of sp³-hybridized carbons (Fsp3) is 0.0417. The lowest BCUT2D eigenvalue weighted by molar-refractivity contribution is -0.113. The van der Waals surface area contributed by atoms with E-state index in [2.05, 4.69) is 0 Å². The summed E-state index contributed by atoms with van der Waals surface area (Å²) < 4.78 is 10.5. The van der Waals surface area contributed by atoms with E-state index in [1.54, 1.807) is 86.0 Å². The number of imide groups is 1. The van der Waals surface area contributed by atoms with Crippen LogP contribution in [0.3, 0.4) is 0 Å². The molecule has 0 spiro atoms. The molecule has 0 radical (unpaired) electrons. The number of carbonyl (C=O) groups is 3. The number of rotatable bonds is 5. The zero-order chi connectivity index (χ0) is 21.8. The Morgan fingerprint density at radius 3 is 2.16 bits per heavy atom. The zero-order valence-electron chi connectivity index (χ0n) is 16.5. The van der Waals surface area contributed by atoms with Crippen molar-refractivity contribution in [3.8, 4) is 11.5 Å². The van der Waals surface area contributed by atoms with E-state index in [1.165, 1.54) is 0 Å². The zero-order valence-corrected chi connectivity index (χ0v) is 17.3. The molecular formula is C24H17NO5S. The van der Waals surface area contributed by atoms with Gasteiger partial charge in [0.1, 0.15) is 11.5 Å². The SMILES string of the molecule is COc1ccc(C(=O)Oc2ccc(/C=C3\SC(=O)N(c4ccccc4)C3=O)cc2)cc1. The van der Waals surface area contributed by atoms with Crippen LogP contribution in [0.1, 0.15) is 15.9 Å². The van der Waals surface area contributed by atoms with Gasteiger partial charge in [-0.15, -0.1) is 0 Å². The third kappa shape index (κ3) is 4.51. The van der Waals surface area contributed by atoms with Crippen molar-refractivity contribution in [2.75, 3.05) is 12.0 Å². The van der Waals surface area contributed by atoms with Crippen LogP contribution in [0.15, 0.2) is 83.8 Å². The monoisotopic (exact) mass is 431 g/mol. The van der Waals surface area contributed by atoms with Crippen LogP contribution >= 0.6 is 11.8 Å². The van der Waals surface area contributed by atoms with E-state index < -0.39 is 5.97 Å². The number of hydrogen-bond acceptors (Lipinski definition) is 6. The number of amides is 2. The number of thioether (sulfide) groups is 1. The summed E-state index contributed by atoms with van der Waals surface area (Å²) in [5.41, 5.74) is 1.65. The molecule has 0 bridgehead atoms. The molecular weight excluding hydrogens is 414 g/mol. The van der Waals surface area contributed by atoms with Gasteiger partial charge in [-0.25, -0.2) is 9.69 Å². The van der Waals surface area contributed by atoms with Crippen LogP contribution in [-0.2, 0) is 4.79 Å². The van der Waals surface area contributed by atoms with Crippen LogP contribution in [0.25, 0.3) is 6.08 Å². The number of esters is 1. The number of methoxy groups -OCH3 is 1. The van der Waals surface area contributed by atoms with Crippen molar-refractivity contribution >= 4 is 40.6 Å². The molecule has 4 rings (SSSR count). The predicted molar refractivity (Wildman–Crippen MR) is 119 cm³/mol. The lowest BCUT2D eigenvalue weighted by Gasteiger charge is -2.11. The second kappa shape index (κ2) is 8.89. The molecule has 0 aromatic heterocycles. The molecule has 0 aliphatic carbocycles. The van der Waals surface area contributed by atoms with Crippen LogP contribution in [0.2, 0.25) is 0 Å². The van der Waals surface area contributed by atoms with Crippen molar-refractivity contribution in [3.63, 3.8) is 0 Å². The second-order valence-electron chi connectivity index (χ2n) is 6.54. The third-order valence-electron chi connectivity index (χ3n) is 4.52. The number of nitrogens with zero attached hydrogens (tertiary/aromatic N) is 1. The summed E-state index contributed by atoms with van der Waals surface area (Å²) in [6, 6.07) is 22.1. The average Bonchev–Trinajstić information content (AvgIpc) is 3.08. The maximum atomic E-state index is 12.7. The van der Waals surface area contributed by atoms with Gasteiger partial charge in [0.25, 0.3) is 11.1 Å². The average molecular weight is 431 g/mol. The minimum absolute atomic E-state index is 0.330. The highest BCUT2D eigenvalue weighted by atomic mass is 32.2. The molecule has 0 atom stereocenters. The molecule has 3 aromatic rings. The summed E-state index contributed by atoms with van der Waals surface area (Å²) in [5.74, 6) is 0.170. The summed E-state index contributed by atoms with van der Waals surface area (Å²) in [6.45, 7) is 0. The van der Waals surface area contributed by atoms with Gasteiger partial charge < -0.3 is 9.47 Å². The second-order valence-corrected chi connectivity index (χ2v) is 7.53. The molecule has 7 heteroatoms. The van der Waals surface area contributed by atoms with E-state index in [4.69, 9.17) is 9.47 Å². The summed E-state index contributed by atoms with van der Waals surface area (Å²) in [7, 11) is 1.55. The lowest BCUT2D eigenvalue weighted by Crippen LogP contribution is -2.27. The number of carbonyl (C=O) groups excluding carboxylic acids is 3. The van der Waals surface area contributed by atoms with Crippen molar-refractivity contribution in [1.82, 2.24) is 0 Å². The Labute approximate surface area is 183 Å². The molecule has 1 fully saturated rings. The van der Waals surface area contributed by atoms with Crippen LogP contribution in [0.4, 0.5) is 10.5 Å². The quantitative estimate of drug-likeness (QED) is 0.316. The van der Waals surface area contributed by atoms with Gasteiger partial charge in [-0.05, 0) is 71.9 Å². The minimum Gasteiger partial charge on any atom is -0.497 e. The highest BCUT2D eigenvalue weighted by Crippen LogP contribution is 2.35. The molecule has 0 N–H and O–H groups in total. The van der Waals surface area contributed by atoms with E-state index >= 15 is 0 Å². The molecule has 0 saturated carbocycles. The normalized spacial score (nSPS) is 14.7. The Morgan fingerprint density at radius 1 is 0.871 bits per heavy atom. The van der Waals surface area contributed by atoms with Gasteiger partial charge in [0.05, 0.1) is 23.3 Å². The van der Waals surface area contributed by atoms with Crippen molar-refractivity contribution < 1.29 is 23.9 Å². The first-order valence-corrected chi connectivity index (χ1v) is 10.2. The molecule has 3 aromatic carbocycles. The van der Waals surface area contributed by atoms with Gasteiger partial charge in [-0.2, -0.15) is 0 Å². The van der Waals surface area contributed by atoms with Crippen LogP contribution in [0.5, 0.6) is 11.5 Å². The standard InChI is InChI=1S/C24H17NO5S/c1-29-19-13-9-17(10-14-19)23(27)30-20-11-7-16(8-12-20)15-21-22(26)25(24(28)31-21)18-5-3-2-4-6-18/h2-15H,1H3/b21-15-. The first-order valence-electron chi connectivity index (χ1n) is 9.34. The molecule has 31 heavy (non-hydrogen) atoms. The number of hydrogen-bond donors (Lipinski definition) is 0. The fourth-order valence-corrected chi connectivity index (χ4v) is 3.79. The van der Waals surface area contributed by atoms with E-state index in [1.807, 2.05) is 6.07 Å². The highest BCUT2D eigenvalue weighted by Gasteiger charge is 2.36. The van der Waals surface area contributed by atoms with Crippen molar-refractivity contribution in [2.45, 2.75) is 0 Å². The topological polar surface area (TPSA) is 72.9 Å². The highest BCUT2D eigenvalue weighted by molar-refractivity contribution is 8.19. The smallest absolute Gasteiger partial charge is 0.343 e. The number of benzene rings is 3. The van der Waals surface area contributed by atoms with Crippen molar-refractivity contribution in [1.29, 1.82) is 0 Å². The summed E-state index contributed by atoms with van der Waals surface area (Å²) in [4.78, 5) is 38.7. The van der Waals surface area contributed by atoms with E-state index in [0.29, 0.717) is 33.2 Å². The maximum Gasteiger partial charge on any atom is 0.343 e. The van der Waals surface area contributed by atoms with Crippen LogP contribution in [0, 0.1) is 0 Å². The lowest BCUT2D eigenvalue weighted by atomic mass is 10.2. The molecule has 6 nitrogen and oxygen atoms in total. The Morgan fingerprint density at radius 2 is 1.52 bits per heavy atom. The Balaban J connectivity index is 1.45. The minimum atomic E-state index is -0.487. The van der Waals surface area contributed by atoms with E-state index in [0.717, 1.165) is 16.7 Å². The first kappa shape index (κ1) is 20.4. The summed E-state index contributed by atoms with van der Waals surface area (Å²) >= 11 is 0.889. The Bertz CT molecular complexity index is 1150. The van der Waals surface area contributed by atoms with Gasteiger partial charge in [-0.1, -0.05) is 30.3 Å². The van der Waals surface area contributed by atoms with Crippen molar-refractivity contribution in [3.05, 3.63) is 94.9 Å². The Hall–Kier alpha value is -3.84. The first-order chi connectivity index (χ1) is 15.0. The summed E-state index contributed by atoms with van der Waals surface area (Å²) in [6.07, 6.45) is 1.64. The molecule has 1 aliphatic rings. The van der Waals surface area contributed by atoms with Gasteiger partial charge in [-0.3, -0.25) is 9.59 Å². The van der Waals surface area contributed by atoms with Gasteiger partial charge in [0, 0.05) is 0 Å². The van der Waals surface area contributed by atoms with Gasteiger partial charge in [0.15, 0.2) is 0 Å². The number of anilines is 1.